The van der Waals surface area contributed by atoms with Crippen molar-refractivity contribution in [1.82, 2.24) is 5.32 Å². The predicted octanol–water partition coefficient (Wildman–Crippen LogP) is 1.63. The Labute approximate surface area is 98.2 Å². The molecule has 3 nitrogen and oxygen atoms in total. The minimum atomic E-state index is -0.144. The Bertz CT molecular complexity index is 341. The van der Waals surface area contributed by atoms with Gasteiger partial charge in [-0.2, -0.15) is 0 Å². The molecule has 1 aromatic carbocycles. The van der Waals surface area contributed by atoms with E-state index in [1.807, 2.05) is 31.2 Å². The lowest BCUT2D eigenvalue weighted by Gasteiger charge is -2.12. The van der Waals surface area contributed by atoms with Gasteiger partial charge < -0.3 is 11.1 Å². The van der Waals surface area contributed by atoms with Crippen molar-refractivity contribution in [3.8, 4) is 0 Å². The van der Waals surface area contributed by atoms with E-state index in [0.717, 1.165) is 10.0 Å². The number of nitrogens with two attached hydrogens (primary N) is 1. The summed E-state index contributed by atoms with van der Waals surface area (Å²) >= 11 is 3.38. The van der Waals surface area contributed by atoms with Gasteiger partial charge in [-0.25, -0.2) is 0 Å². The Kier molecular flexibility index (Phi) is 4.78. The van der Waals surface area contributed by atoms with Gasteiger partial charge >= 0.3 is 0 Å². The van der Waals surface area contributed by atoms with Crippen LogP contribution in [0.25, 0.3) is 0 Å². The molecule has 0 aliphatic heterocycles. The molecule has 0 aliphatic rings. The molecule has 1 amide bonds. The average Bonchev–Trinajstić information content (AvgIpc) is 2.24. The highest BCUT2D eigenvalue weighted by molar-refractivity contribution is 9.10. The maximum absolute atomic E-state index is 11.6. The fourth-order valence-electron chi connectivity index (χ4n) is 1.28. The van der Waals surface area contributed by atoms with Crippen molar-refractivity contribution in [3.05, 3.63) is 34.3 Å². The van der Waals surface area contributed by atoms with Crippen molar-refractivity contribution < 1.29 is 4.79 Å². The molecular formula is C11H15BrN2O. The number of benzene rings is 1. The molecule has 15 heavy (non-hydrogen) atoms. The van der Waals surface area contributed by atoms with Gasteiger partial charge in [-0.3, -0.25) is 4.79 Å². The maximum Gasteiger partial charge on any atom is 0.227 e. The average molecular weight is 271 g/mol. The summed E-state index contributed by atoms with van der Waals surface area (Å²) in [4.78, 5) is 11.6. The van der Waals surface area contributed by atoms with Crippen molar-refractivity contribution in [2.24, 2.45) is 5.73 Å². The summed E-state index contributed by atoms with van der Waals surface area (Å²) in [5.74, 6) is -0.132. The van der Waals surface area contributed by atoms with Crippen molar-refractivity contribution in [3.63, 3.8) is 0 Å². The molecule has 0 bridgehead atoms. The summed E-state index contributed by atoms with van der Waals surface area (Å²) in [6.07, 6.45) is 0. The first-order valence-electron chi connectivity index (χ1n) is 4.88. The van der Waals surface area contributed by atoms with Crippen LogP contribution in [0.4, 0.5) is 0 Å². The van der Waals surface area contributed by atoms with Gasteiger partial charge in [0.05, 0.1) is 5.92 Å². The first kappa shape index (κ1) is 12.2. The third-order valence-electron chi connectivity index (χ3n) is 2.19. The van der Waals surface area contributed by atoms with E-state index in [1.165, 1.54) is 0 Å². The van der Waals surface area contributed by atoms with Crippen LogP contribution >= 0.6 is 15.9 Å². The number of carbonyl (C=O) groups excluding carboxylic acids is 1. The number of carbonyl (C=O) groups is 1. The molecule has 1 rings (SSSR count). The predicted molar refractivity (Wildman–Crippen MR) is 64.6 cm³/mol. The van der Waals surface area contributed by atoms with E-state index in [1.54, 1.807) is 0 Å². The lowest BCUT2D eigenvalue weighted by Crippen LogP contribution is -2.32. The van der Waals surface area contributed by atoms with Crippen LogP contribution in [0.1, 0.15) is 18.4 Å². The van der Waals surface area contributed by atoms with Gasteiger partial charge in [0.15, 0.2) is 0 Å². The Morgan fingerprint density at radius 1 is 1.60 bits per heavy atom. The van der Waals surface area contributed by atoms with Crippen molar-refractivity contribution >= 4 is 21.8 Å². The summed E-state index contributed by atoms with van der Waals surface area (Å²) in [5, 5.41) is 2.77. The van der Waals surface area contributed by atoms with Gasteiger partial charge in [0.25, 0.3) is 0 Å². The Balaban J connectivity index is 2.67. The zero-order chi connectivity index (χ0) is 11.3. The summed E-state index contributed by atoms with van der Waals surface area (Å²) in [5.41, 5.74) is 6.32. The fourth-order valence-corrected chi connectivity index (χ4v) is 1.69. The van der Waals surface area contributed by atoms with Crippen LogP contribution in [0, 0.1) is 0 Å². The minimum absolute atomic E-state index is 0.0125. The van der Waals surface area contributed by atoms with Crippen LogP contribution in [0.15, 0.2) is 28.7 Å². The quantitative estimate of drug-likeness (QED) is 0.874. The van der Waals surface area contributed by atoms with Gasteiger partial charge in [-0.05, 0) is 24.6 Å². The molecule has 0 aliphatic carbocycles. The first-order chi connectivity index (χ1) is 7.15. The molecule has 3 N–H and O–H groups in total. The van der Waals surface area contributed by atoms with Gasteiger partial charge in [0.1, 0.15) is 0 Å². The zero-order valence-electron chi connectivity index (χ0n) is 8.66. The van der Waals surface area contributed by atoms with Crippen molar-refractivity contribution in [2.45, 2.75) is 12.8 Å². The SMILES string of the molecule is CC(C(=O)NCCN)c1cccc(Br)c1. The molecule has 82 valence electrons. The maximum atomic E-state index is 11.6. The molecule has 0 saturated carbocycles. The molecule has 1 aromatic rings. The zero-order valence-corrected chi connectivity index (χ0v) is 10.3. The largest absolute Gasteiger partial charge is 0.354 e. The van der Waals surface area contributed by atoms with E-state index < -0.39 is 0 Å². The standard InChI is InChI=1S/C11H15BrN2O/c1-8(11(15)14-6-5-13)9-3-2-4-10(12)7-9/h2-4,7-8H,5-6,13H2,1H3,(H,14,15). The van der Waals surface area contributed by atoms with Crippen LogP contribution in [-0.2, 0) is 4.79 Å². The van der Waals surface area contributed by atoms with E-state index in [2.05, 4.69) is 21.2 Å². The van der Waals surface area contributed by atoms with Crippen LogP contribution in [0.5, 0.6) is 0 Å². The Morgan fingerprint density at radius 3 is 2.93 bits per heavy atom. The first-order valence-corrected chi connectivity index (χ1v) is 5.67. The normalized spacial score (nSPS) is 12.2. The van der Waals surface area contributed by atoms with Crippen LogP contribution in [0.3, 0.4) is 0 Å². The van der Waals surface area contributed by atoms with Crippen molar-refractivity contribution in [1.29, 1.82) is 0 Å². The number of hydrogen-bond donors (Lipinski definition) is 2. The van der Waals surface area contributed by atoms with E-state index in [4.69, 9.17) is 5.73 Å². The van der Waals surface area contributed by atoms with Crippen LogP contribution in [-0.4, -0.2) is 19.0 Å². The van der Waals surface area contributed by atoms with Gasteiger partial charge in [-0.15, -0.1) is 0 Å². The molecule has 0 spiro atoms. The smallest absolute Gasteiger partial charge is 0.227 e. The van der Waals surface area contributed by atoms with Crippen LogP contribution in [0.2, 0.25) is 0 Å². The number of halogens is 1. The molecule has 0 aromatic heterocycles. The number of amides is 1. The van der Waals surface area contributed by atoms with Gasteiger partial charge in [0, 0.05) is 17.6 Å². The summed E-state index contributed by atoms with van der Waals surface area (Å²) in [6, 6.07) is 7.75. The topological polar surface area (TPSA) is 55.1 Å². The number of hydrogen-bond acceptors (Lipinski definition) is 2. The summed E-state index contributed by atoms with van der Waals surface area (Å²) < 4.78 is 0.985. The Hall–Kier alpha value is -0.870. The summed E-state index contributed by atoms with van der Waals surface area (Å²) in [6.45, 7) is 2.88. The molecule has 0 heterocycles. The highest BCUT2D eigenvalue weighted by Gasteiger charge is 2.14. The molecule has 1 atom stereocenters. The lowest BCUT2D eigenvalue weighted by molar-refractivity contribution is -0.122. The molecule has 1 unspecified atom stereocenters. The van der Waals surface area contributed by atoms with Gasteiger partial charge in [0.2, 0.25) is 5.91 Å². The molecule has 4 heteroatoms. The van der Waals surface area contributed by atoms with Gasteiger partial charge in [-0.1, -0.05) is 28.1 Å². The van der Waals surface area contributed by atoms with E-state index >= 15 is 0 Å². The second-order valence-electron chi connectivity index (χ2n) is 3.36. The lowest BCUT2D eigenvalue weighted by atomic mass is 10.0. The number of rotatable bonds is 4. The van der Waals surface area contributed by atoms with E-state index in [-0.39, 0.29) is 11.8 Å². The van der Waals surface area contributed by atoms with E-state index in [0.29, 0.717) is 13.1 Å². The Morgan fingerprint density at radius 2 is 2.33 bits per heavy atom. The molecule has 0 saturated heterocycles. The third kappa shape index (κ3) is 3.64. The van der Waals surface area contributed by atoms with Crippen LogP contribution < -0.4 is 11.1 Å². The molecule has 0 fully saturated rings. The molecule has 0 radical (unpaired) electrons. The minimum Gasteiger partial charge on any atom is -0.354 e. The third-order valence-corrected chi connectivity index (χ3v) is 2.68. The highest BCUT2D eigenvalue weighted by Crippen LogP contribution is 2.19. The monoisotopic (exact) mass is 270 g/mol. The summed E-state index contributed by atoms with van der Waals surface area (Å²) in [7, 11) is 0. The van der Waals surface area contributed by atoms with Crippen molar-refractivity contribution in [2.75, 3.05) is 13.1 Å². The second-order valence-corrected chi connectivity index (χ2v) is 4.27. The van der Waals surface area contributed by atoms with E-state index in [9.17, 15) is 4.79 Å². The molecular weight excluding hydrogens is 256 g/mol. The fraction of sp³-hybridized carbons (Fsp3) is 0.364. The number of nitrogens with one attached hydrogen (secondary N) is 1. The second kappa shape index (κ2) is 5.88. The highest BCUT2D eigenvalue weighted by atomic mass is 79.9.